The highest BCUT2D eigenvalue weighted by atomic mass is 15.2. The van der Waals surface area contributed by atoms with Crippen molar-refractivity contribution in [1.82, 2.24) is 0 Å². The second-order valence-electron chi connectivity index (χ2n) is 6.11. The molecule has 0 bridgehead atoms. The number of anilines is 4. The Balaban J connectivity index is 1.96. The lowest BCUT2D eigenvalue weighted by atomic mass is 10.0. The van der Waals surface area contributed by atoms with Crippen LogP contribution in [0.2, 0.25) is 0 Å². The minimum Gasteiger partial charge on any atom is -0.397 e. The molecule has 2 heteroatoms. The van der Waals surface area contributed by atoms with Gasteiger partial charge in [0, 0.05) is 11.3 Å². The third-order valence-electron chi connectivity index (χ3n) is 4.42. The molecule has 0 aliphatic carbocycles. The van der Waals surface area contributed by atoms with Crippen LogP contribution in [0, 0.1) is 0 Å². The van der Waals surface area contributed by atoms with Crippen molar-refractivity contribution in [3.05, 3.63) is 109 Å². The van der Waals surface area contributed by atoms with E-state index < -0.39 is 0 Å². The first-order valence-electron chi connectivity index (χ1n) is 8.69. The van der Waals surface area contributed by atoms with Crippen molar-refractivity contribution in [2.24, 2.45) is 0 Å². The summed E-state index contributed by atoms with van der Waals surface area (Å²) in [5.41, 5.74) is 12.6. The molecule has 0 radical (unpaired) electrons. The Morgan fingerprint density at radius 3 is 1.73 bits per heavy atom. The molecule has 0 saturated carbocycles. The number of benzene rings is 4. The fraction of sp³-hybridized carbons (Fsp3) is 0. The minimum atomic E-state index is 0.749. The Bertz CT molecular complexity index is 995. The maximum Gasteiger partial charge on any atom is 0.0691 e. The number of rotatable bonds is 4. The number of nitrogen functional groups attached to an aromatic ring is 1. The Morgan fingerprint density at radius 1 is 0.500 bits per heavy atom. The molecule has 0 amide bonds. The van der Waals surface area contributed by atoms with Crippen LogP contribution < -0.4 is 10.6 Å². The second-order valence-corrected chi connectivity index (χ2v) is 6.11. The monoisotopic (exact) mass is 336 g/mol. The van der Waals surface area contributed by atoms with E-state index in [4.69, 9.17) is 5.73 Å². The maximum absolute atomic E-state index is 6.34. The van der Waals surface area contributed by atoms with E-state index in [2.05, 4.69) is 71.6 Å². The predicted molar refractivity (Wildman–Crippen MR) is 111 cm³/mol. The Morgan fingerprint density at radius 2 is 1.04 bits per heavy atom. The summed E-state index contributed by atoms with van der Waals surface area (Å²) in [5.74, 6) is 0. The van der Waals surface area contributed by atoms with Crippen molar-refractivity contribution in [2.75, 3.05) is 10.6 Å². The number of hydrogen-bond donors (Lipinski definition) is 1. The molecule has 2 N–H and O–H groups in total. The average Bonchev–Trinajstić information content (AvgIpc) is 2.72. The van der Waals surface area contributed by atoms with Gasteiger partial charge in [-0.15, -0.1) is 0 Å². The number of nitrogens with zero attached hydrogens (tertiary/aromatic N) is 1. The van der Waals surface area contributed by atoms with Crippen molar-refractivity contribution in [1.29, 1.82) is 0 Å². The van der Waals surface area contributed by atoms with Crippen LogP contribution in [0.1, 0.15) is 0 Å². The standard InChI is InChI=1S/C24H20N2/c25-22-16-8-10-18-24(22)26(20-13-5-2-6-14-20)23-17-9-7-15-21(23)19-11-3-1-4-12-19/h1-18H,25H2. The van der Waals surface area contributed by atoms with Crippen molar-refractivity contribution < 1.29 is 0 Å². The van der Waals surface area contributed by atoms with Crippen molar-refractivity contribution >= 4 is 22.7 Å². The Hall–Kier alpha value is -3.52. The summed E-state index contributed by atoms with van der Waals surface area (Å²) < 4.78 is 0. The molecule has 0 heterocycles. The molecule has 0 aliphatic rings. The fourth-order valence-corrected chi connectivity index (χ4v) is 3.21. The van der Waals surface area contributed by atoms with E-state index in [1.807, 2.05) is 42.5 Å². The van der Waals surface area contributed by atoms with Crippen LogP contribution in [0.5, 0.6) is 0 Å². The first-order valence-corrected chi connectivity index (χ1v) is 8.69. The highest BCUT2D eigenvalue weighted by Crippen LogP contribution is 2.42. The van der Waals surface area contributed by atoms with Gasteiger partial charge in [0.1, 0.15) is 0 Å². The summed E-state index contributed by atoms with van der Waals surface area (Å²) in [4.78, 5) is 2.22. The van der Waals surface area contributed by atoms with Crippen LogP contribution in [0.15, 0.2) is 109 Å². The van der Waals surface area contributed by atoms with Crippen LogP contribution in [-0.2, 0) is 0 Å². The van der Waals surface area contributed by atoms with Gasteiger partial charge in [-0.2, -0.15) is 0 Å². The van der Waals surface area contributed by atoms with E-state index in [1.54, 1.807) is 0 Å². The van der Waals surface area contributed by atoms with Gasteiger partial charge in [0.25, 0.3) is 0 Å². The van der Waals surface area contributed by atoms with Crippen LogP contribution in [0.25, 0.3) is 11.1 Å². The van der Waals surface area contributed by atoms with Gasteiger partial charge in [-0.1, -0.05) is 78.9 Å². The SMILES string of the molecule is Nc1ccccc1N(c1ccccc1)c1ccccc1-c1ccccc1. The number of nitrogens with two attached hydrogens (primary N) is 1. The topological polar surface area (TPSA) is 29.3 Å². The van der Waals surface area contributed by atoms with Gasteiger partial charge in [0.05, 0.1) is 17.1 Å². The third-order valence-corrected chi connectivity index (χ3v) is 4.42. The molecular formula is C24H20N2. The molecule has 4 aromatic rings. The third kappa shape index (κ3) is 3.05. The van der Waals surface area contributed by atoms with E-state index in [1.165, 1.54) is 11.1 Å². The first kappa shape index (κ1) is 16.0. The highest BCUT2D eigenvalue weighted by Gasteiger charge is 2.17. The molecule has 126 valence electrons. The van der Waals surface area contributed by atoms with E-state index in [9.17, 15) is 0 Å². The zero-order chi connectivity index (χ0) is 17.8. The molecule has 4 aromatic carbocycles. The molecule has 4 rings (SSSR count). The summed E-state index contributed by atoms with van der Waals surface area (Å²) in [5, 5.41) is 0. The number of para-hydroxylation sites is 4. The van der Waals surface area contributed by atoms with E-state index >= 15 is 0 Å². The summed E-state index contributed by atoms with van der Waals surface area (Å²) in [6.07, 6.45) is 0. The van der Waals surface area contributed by atoms with Crippen LogP contribution in [-0.4, -0.2) is 0 Å². The molecule has 2 nitrogen and oxygen atoms in total. The molecule has 0 atom stereocenters. The van der Waals surface area contributed by atoms with Gasteiger partial charge in [0.15, 0.2) is 0 Å². The maximum atomic E-state index is 6.34. The largest absolute Gasteiger partial charge is 0.397 e. The molecule has 0 saturated heterocycles. The minimum absolute atomic E-state index is 0.749. The summed E-state index contributed by atoms with van der Waals surface area (Å²) in [7, 11) is 0. The van der Waals surface area contributed by atoms with E-state index in [0.29, 0.717) is 0 Å². The van der Waals surface area contributed by atoms with E-state index in [0.717, 1.165) is 22.7 Å². The quantitative estimate of drug-likeness (QED) is 0.437. The van der Waals surface area contributed by atoms with E-state index in [-0.39, 0.29) is 0 Å². The molecule has 0 aromatic heterocycles. The van der Waals surface area contributed by atoms with Gasteiger partial charge < -0.3 is 10.6 Å². The normalized spacial score (nSPS) is 10.5. The lowest BCUT2D eigenvalue weighted by Gasteiger charge is -2.28. The number of hydrogen-bond acceptors (Lipinski definition) is 2. The van der Waals surface area contributed by atoms with Gasteiger partial charge in [0.2, 0.25) is 0 Å². The highest BCUT2D eigenvalue weighted by molar-refractivity contribution is 5.91. The Labute approximate surface area is 154 Å². The predicted octanol–water partition coefficient (Wildman–Crippen LogP) is 6.41. The summed E-state index contributed by atoms with van der Waals surface area (Å²) in [6.45, 7) is 0. The first-order chi connectivity index (χ1) is 12.8. The molecule has 0 unspecified atom stereocenters. The molecule has 0 aliphatic heterocycles. The molecule has 0 spiro atoms. The van der Waals surface area contributed by atoms with Crippen LogP contribution in [0.4, 0.5) is 22.7 Å². The van der Waals surface area contributed by atoms with Crippen molar-refractivity contribution in [3.8, 4) is 11.1 Å². The summed E-state index contributed by atoms with van der Waals surface area (Å²) in [6, 6.07) is 37.2. The van der Waals surface area contributed by atoms with Crippen molar-refractivity contribution in [2.45, 2.75) is 0 Å². The van der Waals surface area contributed by atoms with Crippen LogP contribution >= 0.6 is 0 Å². The fourth-order valence-electron chi connectivity index (χ4n) is 3.21. The average molecular weight is 336 g/mol. The van der Waals surface area contributed by atoms with Crippen LogP contribution in [0.3, 0.4) is 0 Å². The lowest BCUT2D eigenvalue weighted by molar-refractivity contribution is 1.28. The zero-order valence-corrected chi connectivity index (χ0v) is 14.4. The smallest absolute Gasteiger partial charge is 0.0691 e. The Kier molecular flexibility index (Phi) is 4.40. The molecular weight excluding hydrogens is 316 g/mol. The molecule has 26 heavy (non-hydrogen) atoms. The second kappa shape index (κ2) is 7.16. The lowest BCUT2D eigenvalue weighted by Crippen LogP contribution is -2.12. The van der Waals surface area contributed by atoms with Crippen molar-refractivity contribution in [3.63, 3.8) is 0 Å². The van der Waals surface area contributed by atoms with Gasteiger partial charge in [-0.25, -0.2) is 0 Å². The zero-order valence-electron chi connectivity index (χ0n) is 14.4. The summed E-state index contributed by atoms with van der Waals surface area (Å²) >= 11 is 0. The van der Waals surface area contributed by atoms with Gasteiger partial charge >= 0.3 is 0 Å². The molecule has 0 fully saturated rings. The van der Waals surface area contributed by atoms with Gasteiger partial charge in [-0.3, -0.25) is 0 Å². The van der Waals surface area contributed by atoms with Gasteiger partial charge in [-0.05, 0) is 35.9 Å².